The molecule has 10 heteroatoms. The highest BCUT2D eigenvalue weighted by molar-refractivity contribution is 9.10. The number of hydrogen-bond acceptors (Lipinski definition) is 5. The number of halogens is 3. The van der Waals surface area contributed by atoms with Gasteiger partial charge in [0.1, 0.15) is 17.4 Å². The van der Waals surface area contributed by atoms with E-state index < -0.39 is 11.7 Å². The largest absolute Gasteiger partial charge is 0.483 e. The van der Waals surface area contributed by atoms with Crippen LogP contribution in [0.25, 0.3) is 10.9 Å². The van der Waals surface area contributed by atoms with Crippen molar-refractivity contribution in [3.05, 3.63) is 97.2 Å². The van der Waals surface area contributed by atoms with E-state index in [0.29, 0.717) is 38.2 Å². The van der Waals surface area contributed by atoms with Gasteiger partial charge in [-0.1, -0.05) is 22.0 Å². The van der Waals surface area contributed by atoms with Crippen molar-refractivity contribution in [3.8, 4) is 5.75 Å². The van der Waals surface area contributed by atoms with E-state index in [1.807, 2.05) is 6.07 Å². The van der Waals surface area contributed by atoms with E-state index in [0.717, 1.165) is 4.47 Å². The standard InChI is InChI=1S/C24H17Br2FN4O3/c1-14-29-21-7-6-16(25)10-19(21)24(33)31(14)28-12-15-5-8-22(20(26)9-15)34-13-23(32)30-18-4-2-3-17(27)11-18/h2-12H,13H2,1H3,(H,30,32). The maximum Gasteiger partial charge on any atom is 0.282 e. The number of aromatic nitrogens is 2. The number of rotatable bonds is 6. The molecule has 0 fully saturated rings. The smallest absolute Gasteiger partial charge is 0.282 e. The maximum atomic E-state index is 13.2. The van der Waals surface area contributed by atoms with Crippen LogP contribution in [0.3, 0.4) is 0 Å². The van der Waals surface area contributed by atoms with Gasteiger partial charge in [-0.05, 0) is 83.0 Å². The molecule has 0 saturated carbocycles. The summed E-state index contributed by atoms with van der Waals surface area (Å²) in [4.78, 5) is 29.4. The molecular weight excluding hydrogens is 571 g/mol. The van der Waals surface area contributed by atoms with E-state index in [-0.39, 0.29) is 12.2 Å². The van der Waals surface area contributed by atoms with Crippen molar-refractivity contribution >= 4 is 60.6 Å². The van der Waals surface area contributed by atoms with Crippen LogP contribution in [0.5, 0.6) is 5.75 Å². The van der Waals surface area contributed by atoms with Gasteiger partial charge in [-0.3, -0.25) is 9.59 Å². The number of aryl methyl sites for hydroxylation is 1. The van der Waals surface area contributed by atoms with Crippen molar-refractivity contribution in [1.82, 2.24) is 9.66 Å². The van der Waals surface area contributed by atoms with Crippen LogP contribution in [0.1, 0.15) is 11.4 Å². The molecule has 3 aromatic carbocycles. The van der Waals surface area contributed by atoms with Gasteiger partial charge < -0.3 is 10.1 Å². The van der Waals surface area contributed by atoms with Crippen LogP contribution in [0.2, 0.25) is 0 Å². The van der Waals surface area contributed by atoms with E-state index in [2.05, 4.69) is 47.3 Å². The molecule has 1 aromatic heterocycles. The minimum absolute atomic E-state index is 0.255. The van der Waals surface area contributed by atoms with Crippen LogP contribution in [0.4, 0.5) is 10.1 Å². The molecule has 0 radical (unpaired) electrons. The Kier molecular flexibility index (Phi) is 7.18. The molecule has 0 bridgehead atoms. The summed E-state index contributed by atoms with van der Waals surface area (Å²) < 4.78 is 21.4. The Balaban J connectivity index is 1.46. The lowest BCUT2D eigenvalue weighted by Crippen LogP contribution is -2.20. The summed E-state index contributed by atoms with van der Waals surface area (Å²) in [5.41, 5.74) is 1.37. The Labute approximate surface area is 210 Å². The Morgan fingerprint density at radius 2 is 2.00 bits per heavy atom. The van der Waals surface area contributed by atoms with Gasteiger partial charge in [0.2, 0.25) is 0 Å². The van der Waals surface area contributed by atoms with Gasteiger partial charge >= 0.3 is 0 Å². The quantitative estimate of drug-likeness (QED) is 0.312. The molecule has 0 aliphatic rings. The van der Waals surface area contributed by atoms with Gasteiger partial charge in [0.15, 0.2) is 6.61 Å². The first-order valence-electron chi connectivity index (χ1n) is 10.0. The minimum Gasteiger partial charge on any atom is -0.483 e. The number of ether oxygens (including phenoxy) is 1. The van der Waals surface area contributed by atoms with Crippen molar-refractivity contribution in [2.24, 2.45) is 5.10 Å². The highest BCUT2D eigenvalue weighted by Crippen LogP contribution is 2.25. The first-order chi connectivity index (χ1) is 16.3. The van der Waals surface area contributed by atoms with Crippen LogP contribution in [-0.2, 0) is 4.79 Å². The van der Waals surface area contributed by atoms with E-state index in [1.165, 1.54) is 29.1 Å². The highest BCUT2D eigenvalue weighted by atomic mass is 79.9. The molecular formula is C24H17Br2FN4O3. The summed E-state index contributed by atoms with van der Waals surface area (Å²) >= 11 is 6.78. The van der Waals surface area contributed by atoms with E-state index in [9.17, 15) is 14.0 Å². The third kappa shape index (κ3) is 5.57. The molecule has 4 aromatic rings. The number of nitrogens with one attached hydrogen (secondary N) is 1. The Bertz CT molecular complexity index is 1490. The summed E-state index contributed by atoms with van der Waals surface area (Å²) in [6.45, 7) is 1.46. The third-order valence-corrected chi connectivity index (χ3v) is 5.83. The van der Waals surface area contributed by atoms with Crippen molar-refractivity contribution in [2.75, 3.05) is 11.9 Å². The molecule has 1 heterocycles. The van der Waals surface area contributed by atoms with Crippen LogP contribution in [-0.4, -0.2) is 28.4 Å². The van der Waals surface area contributed by atoms with E-state index in [4.69, 9.17) is 4.74 Å². The van der Waals surface area contributed by atoms with Crippen LogP contribution < -0.4 is 15.6 Å². The summed E-state index contributed by atoms with van der Waals surface area (Å²) in [5, 5.41) is 7.32. The third-order valence-electron chi connectivity index (χ3n) is 4.72. The Morgan fingerprint density at radius 3 is 2.76 bits per heavy atom. The molecule has 1 amide bonds. The van der Waals surface area contributed by atoms with Gasteiger partial charge in [0.05, 0.1) is 21.6 Å². The topological polar surface area (TPSA) is 85.6 Å². The zero-order valence-corrected chi connectivity index (χ0v) is 20.9. The summed E-state index contributed by atoms with van der Waals surface area (Å²) in [7, 11) is 0. The lowest BCUT2D eigenvalue weighted by molar-refractivity contribution is -0.118. The number of amides is 1. The molecule has 4 rings (SSSR count). The van der Waals surface area contributed by atoms with Gasteiger partial charge in [-0.2, -0.15) is 9.78 Å². The average Bonchev–Trinajstić information content (AvgIpc) is 2.79. The molecule has 0 spiro atoms. The second-order valence-corrected chi connectivity index (χ2v) is 8.99. The first-order valence-corrected chi connectivity index (χ1v) is 11.6. The fourth-order valence-corrected chi connectivity index (χ4v) is 4.01. The van der Waals surface area contributed by atoms with Crippen molar-refractivity contribution in [2.45, 2.75) is 6.92 Å². The van der Waals surface area contributed by atoms with Gasteiger partial charge in [-0.15, -0.1) is 0 Å². The van der Waals surface area contributed by atoms with Crippen LogP contribution in [0.15, 0.2) is 79.5 Å². The molecule has 0 aliphatic carbocycles. The lowest BCUT2D eigenvalue weighted by Gasteiger charge is -2.10. The molecule has 172 valence electrons. The zero-order valence-electron chi connectivity index (χ0n) is 17.8. The Hall–Kier alpha value is -3.37. The number of nitrogens with zero attached hydrogens (tertiary/aromatic N) is 3. The summed E-state index contributed by atoms with van der Waals surface area (Å²) in [5.74, 6) is 0.0356. The van der Waals surface area contributed by atoms with E-state index in [1.54, 1.807) is 43.3 Å². The summed E-state index contributed by atoms with van der Waals surface area (Å²) in [6.07, 6.45) is 1.53. The van der Waals surface area contributed by atoms with Crippen LogP contribution in [0, 0.1) is 12.7 Å². The van der Waals surface area contributed by atoms with Crippen molar-refractivity contribution in [1.29, 1.82) is 0 Å². The molecule has 34 heavy (non-hydrogen) atoms. The van der Waals surface area contributed by atoms with Gasteiger partial charge in [-0.25, -0.2) is 9.37 Å². The lowest BCUT2D eigenvalue weighted by atomic mass is 10.2. The predicted octanol–water partition coefficient (Wildman–Crippen LogP) is 5.27. The zero-order chi connectivity index (χ0) is 24.2. The number of hydrogen-bond donors (Lipinski definition) is 1. The second-order valence-electron chi connectivity index (χ2n) is 7.22. The fraction of sp³-hybridized carbons (Fsp3) is 0.0833. The van der Waals surface area contributed by atoms with E-state index >= 15 is 0 Å². The monoisotopic (exact) mass is 586 g/mol. The maximum absolute atomic E-state index is 13.2. The fourth-order valence-electron chi connectivity index (χ4n) is 3.14. The molecule has 0 unspecified atom stereocenters. The average molecular weight is 588 g/mol. The predicted molar refractivity (Wildman–Crippen MR) is 136 cm³/mol. The number of anilines is 1. The van der Waals surface area contributed by atoms with Crippen molar-refractivity contribution in [3.63, 3.8) is 0 Å². The second kappa shape index (κ2) is 10.3. The van der Waals surface area contributed by atoms with Crippen molar-refractivity contribution < 1.29 is 13.9 Å². The van der Waals surface area contributed by atoms with Gasteiger partial charge in [0.25, 0.3) is 11.5 Å². The minimum atomic E-state index is -0.441. The Morgan fingerprint density at radius 1 is 1.18 bits per heavy atom. The highest BCUT2D eigenvalue weighted by Gasteiger charge is 2.09. The molecule has 0 saturated heterocycles. The molecule has 7 nitrogen and oxygen atoms in total. The molecule has 0 aliphatic heterocycles. The summed E-state index contributed by atoms with van der Waals surface area (Å²) in [6, 6.07) is 16.1. The van der Waals surface area contributed by atoms with Gasteiger partial charge in [0, 0.05) is 10.2 Å². The number of benzene rings is 3. The first kappa shape index (κ1) is 23.8. The number of carbonyl (C=O) groups is 1. The molecule has 0 atom stereocenters. The normalized spacial score (nSPS) is 11.2. The number of fused-ring (bicyclic) bond motifs is 1. The SMILES string of the molecule is Cc1nc2ccc(Br)cc2c(=O)n1N=Cc1ccc(OCC(=O)Nc2cccc(F)c2)c(Br)c1. The van der Waals surface area contributed by atoms with Crippen LogP contribution >= 0.6 is 31.9 Å². The number of carbonyl (C=O) groups excluding carboxylic acids is 1. The molecule has 1 N–H and O–H groups in total.